The van der Waals surface area contributed by atoms with Gasteiger partial charge in [-0.2, -0.15) is 0 Å². The first kappa shape index (κ1) is 22.1. The molecule has 1 fully saturated rings. The molecule has 1 heterocycles. The van der Waals surface area contributed by atoms with Gasteiger partial charge >= 0.3 is 5.97 Å². The minimum Gasteiger partial charge on any atom is -0.467 e. The second-order valence-electron chi connectivity index (χ2n) is 6.78. The second-order valence-corrected chi connectivity index (χ2v) is 6.78. The molecule has 1 rings (SSSR count). The summed E-state index contributed by atoms with van der Waals surface area (Å²) in [6, 6.07) is 0. The molecule has 0 bridgehead atoms. The fourth-order valence-electron chi connectivity index (χ4n) is 3.32. The maximum Gasteiger partial charge on any atom is 0.346 e. The summed E-state index contributed by atoms with van der Waals surface area (Å²) in [6.45, 7) is 2.22. The van der Waals surface area contributed by atoms with Gasteiger partial charge in [-0.25, -0.2) is 4.79 Å². The summed E-state index contributed by atoms with van der Waals surface area (Å²) in [6.07, 6.45) is 9.16. The van der Waals surface area contributed by atoms with Crippen molar-refractivity contribution in [1.29, 1.82) is 0 Å². The summed E-state index contributed by atoms with van der Waals surface area (Å²) in [5.74, 6) is -1.42. The molecule has 1 N–H and O–H groups in total. The molecule has 146 valence electrons. The SMILES string of the molecule is CCCCCCCCCCCC[C@@]1(C(=O)OC)O[C@H](OC)[C@@H](O)C1=O. The van der Waals surface area contributed by atoms with Gasteiger partial charge in [0.25, 0.3) is 0 Å². The minimum atomic E-state index is -1.73. The molecule has 1 saturated heterocycles. The van der Waals surface area contributed by atoms with E-state index in [1.807, 2.05) is 0 Å². The summed E-state index contributed by atoms with van der Waals surface area (Å²) >= 11 is 0. The molecule has 0 saturated carbocycles. The van der Waals surface area contributed by atoms with Crippen LogP contribution in [0, 0.1) is 0 Å². The number of ketones is 1. The Labute approximate surface area is 151 Å². The van der Waals surface area contributed by atoms with Crippen LogP contribution in [0.1, 0.15) is 77.6 Å². The van der Waals surface area contributed by atoms with E-state index in [-0.39, 0.29) is 6.42 Å². The van der Waals surface area contributed by atoms with Crippen LogP contribution < -0.4 is 0 Å². The molecular weight excluding hydrogens is 324 g/mol. The topological polar surface area (TPSA) is 82.1 Å². The van der Waals surface area contributed by atoms with Crippen molar-refractivity contribution in [3.8, 4) is 0 Å². The van der Waals surface area contributed by atoms with Crippen molar-refractivity contribution in [3.63, 3.8) is 0 Å². The van der Waals surface area contributed by atoms with Crippen molar-refractivity contribution in [2.45, 2.75) is 95.5 Å². The third kappa shape index (κ3) is 6.04. The summed E-state index contributed by atoms with van der Waals surface area (Å²) in [5, 5.41) is 9.89. The van der Waals surface area contributed by atoms with E-state index in [2.05, 4.69) is 6.92 Å². The molecule has 0 radical (unpaired) electrons. The molecule has 3 atom stereocenters. The van der Waals surface area contributed by atoms with Crippen LogP contribution in [0.15, 0.2) is 0 Å². The number of hydrogen-bond donors (Lipinski definition) is 1. The van der Waals surface area contributed by atoms with Crippen molar-refractivity contribution in [2.75, 3.05) is 14.2 Å². The Kier molecular flexibility index (Phi) is 10.2. The first-order valence-corrected chi connectivity index (χ1v) is 9.55. The number of aliphatic hydroxyl groups is 1. The van der Waals surface area contributed by atoms with Crippen LogP contribution in [-0.4, -0.2) is 49.1 Å². The normalized spacial score (nSPS) is 26.2. The van der Waals surface area contributed by atoms with Gasteiger partial charge in [-0.15, -0.1) is 0 Å². The van der Waals surface area contributed by atoms with Crippen LogP contribution in [0.5, 0.6) is 0 Å². The maximum atomic E-state index is 12.3. The van der Waals surface area contributed by atoms with E-state index >= 15 is 0 Å². The van der Waals surface area contributed by atoms with Crippen LogP contribution in [-0.2, 0) is 23.8 Å². The summed E-state index contributed by atoms with van der Waals surface area (Å²) in [4.78, 5) is 24.4. The maximum absolute atomic E-state index is 12.3. The smallest absolute Gasteiger partial charge is 0.346 e. The Morgan fingerprint density at radius 2 is 1.56 bits per heavy atom. The van der Waals surface area contributed by atoms with Crippen LogP contribution in [0.3, 0.4) is 0 Å². The van der Waals surface area contributed by atoms with Gasteiger partial charge in [-0.05, 0) is 12.8 Å². The molecule has 0 spiro atoms. The zero-order valence-electron chi connectivity index (χ0n) is 15.9. The van der Waals surface area contributed by atoms with Gasteiger partial charge in [0, 0.05) is 7.11 Å². The number of ether oxygens (including phenoxy) is 3. The summed E-state index contributed by atoms with van der Waals surface area (Å²) in [5.41, 5.74) is -1.73. The van der Waals surface area contributed by atoms with Crippen LogP contribution in [0.25, 0.3) is 0 Å². The first-order valence-electron chi connectivity index (χ1n) is 9.55. The number of methoxy groups -OCH3 is 2. The van der Waals surface area contributed by atoms with Crippen molar-refractivity contribution in [1.82, 2.24) is 0 Å². The lowest BCUT2D eigenvalue weighted by Gasteiger charge is -2.24. The van der Waals surface area contributed by atoms with Crippen molar-refractivity contribution >= 4 is 11.8 Å². The third-order valence-corrected chi connectivity index (χ3v) is 4.87. The van der Waals surface area contributed by atoms with Crippen molar-refractivity contribution < 1.29 is 28.9 Å². The minimum absolute atomic E-state index is 0.214. The molecule has 0 amide bonds. The quantitative estimate of drug-likeness (QED) is 0.309. The number of esters is 1. The van der Waals surface area contributed by atoms with Gasteiger partial charge < -0.3 is 19.3 Å². The van der Waals surface area contributed by atoms with Crippen LogP contribution in [0.4, 0.5) is 0 Å². The predicted molar refractivity (Wildman–Crippen MR) is 94.1 cm³/mol. The molecular formula is C19H34O6. The van der Waals surface area contributed by atoms with Crippen LogP contribution in [0.2, 0.25) is 0 Å². The Hall–Kier alpha value is -0.980. The summed E-state index contributed by atoms with van der Waals surface area (Å²) < 4.78 is 15.1. The molecule has 25 heavy (non-hydrogen) atoms. The lowest BCUT2D eigenvalue weighted by atomic mass is 9.90. The lowest BCUT2D eigenvalue weighted by molar-refractivity contribution is -0.199. The van der Waals surface area contributed by atoms with Crippen molar-refractivity contribution in [3.05, 3.63) is 0 Å². The predicted octanol–water partition coefficient (Wildman–Crippen LogP) is 3.14. The number of unbranched alkanes of at least 4 members (excludes halogenated alkanes) is 9. The molecule has 6 heteroatoms. The number of aliphatic hydroxyl groups excluding tert-OH is 1. The Morgan fingerprint density at radius 3 is 2.00 bits per heavy atom. The largest absolute Gasteiger partial charge is 0.467 e. The highest BCUT2D eigenvalue weighted by Crippen LogP contribution is 2.34. The van der Waals surface area contributed by atoms with Crippen LogP contribution >= 0.6 is 0 Å². The number of hydrogen-bond acceptors (Lipinski definition) is 6. The average molecular weight is 358 g/mol. The monoisotopic (exact) mass is 358 g/mol. The fourth-order valence-corrected chi connectivity index (χ4v) is 3.32. The van der Waals surface area contributed by atoms with Gasteiger partial charge in [0.15, 0.2) is 12.4 Å². The number of Topliss-reactive ketones (excluding diaryl/α,β-unsaturated/α-hetero) is 1. The van der Waals surface area contributed by atoms with Gasteiger partial charge in [-0.1, -0.05) is 64.7 Å². The number of carbonyl (C=O) groups excluding carboxylic acids is 2. The molecule has 1 aliphatic heterocycles. The standard InChI is InChI=1S/C19H34O6/c1-4-5-6-7-8-9-10-11-12-13-14-19(18(22)24-3)16(21)15(20)17(23-2)25-19/h15,17,20H,4-14H2,1-3H3/t15-,17-,19+/m0/s1. The van der Waals surface area contributed by atoms with E-state index in [1.54, 1.807) is 0 Å². The molecule has 1 aliphatic rings. The molecule has 0 aromatic heterocycles. The van der Waals surface area contributed by atoms with E-state index in [9.17, 15) is 14.7 Å². The second kappa shape index (κ2) is 11.6. The Bertz CT molecular complexity index is 411. The molecule has 0 aromatic rings. The molecule has 6 nitrogen and oxygen atoms in total. The van der Waals surface area contributed by atoms with Gasteiger partial charge in [-0.3, -0.25) is 4.79 Å². The number of carbonyl (C=O) groups is 2. The zero-order chi connectivity index (χ0) is 18.7. The van der Waals surface area contributed by atoms with Crippen molar-refractivity contribution in [2.24, 2.45) is 0 Å². The van der Waals surface area contributed by atoms with E-state index in [0.29, 0.717) is 6.42 Å². The molecule has 0 aliphatic carbocycles. The molecule has 0 unspecified atom stereocenters. The highest BCUT2D eigenvalue weighted by Gasteiger charge is 2.59. The highest BCUT2D eigenvalue weighted by atomic mass is 16.7. The third-order valence-electron chi connectivity index (χ3n) is 4.87. The van der Waals surface area contributed by atoms with E-state index in [1.165, 1.54) is 52.7 Å². The van der Waals surface area contributed by atoms with Gasteiger partial charge in [0.1, 0.15) is 0 Å². The summed E-state index contributed by atoms with van der Waals surface area (Å²) in [7, 11) is 2.54. The lowest BCUT2D eigenvalue weighted by Crippen LogP contribution is -2.47. The van der Waals surface area contributed by atoms with Gasteiger partial charge in [0.2, 0.25) is 11.4 Å². The molecule has 0 aromatic carbocycles. The fraction of sp³-hybridized carbons (Fsp3) is 0.895. The Balaban J connectivity index is 2.34. The van der Waals surface area contributed by atoms with E-state index in [0.717, 1.165) is 19.3 Å². The Morgan fingerprint density at radius 1 is 1.04 bits per heavy atom. The number of rotatable bonds is 13. The zero-order valence-corrected chi connectivity index (χ0v) is 15.9. The van der Waals surface area contributed by atoms with E-state index in [4.69, 9.17) is 14.2 Å². The van der Waals surface area contributed by atoms with Gasteiger partial charge in [0.05, 0.1) is 7.11 Å². The first-order chi connectivity index (χ1) is 12.0. The van der Waals surface area contributed by atoms with E-state index < -0.39 is 29.7 Å². The average Bonchev–Trinajstić information content (AvgIpc) is 2.88. The highest BCUT2D eigenvalue weighted by molar-refractivity contribution is 6.10.